The number of nitro benzene ring substituents is 1. The molecule has 1 aliphatic heterocycles. The van der Waals surface area contributed by atoms with Crippen LogP contribution in [0.4, 0.5) is 11.4 Å². The Hall–Kier alpha value is -2.48. The van der Waals surface area contributed by atoms with E-state index in [-0.39, 0.29) is 17.2 Å². The lowest BCUT2D eigenvalue weighted by Crippen LogP contribution is -2.28. The molecule has 2 heterocycles. The monoisotopic (exact) mass is 360 g/mol. The largest absolute Gasteiger partial charge is 0.368 e. The zero-order valence-corrected chi connectivity index (χ0v) is 15.1. The molecule has 1 amide bonds. The fourth-order valence-electron chi connectivity index (χ4n) is 2.95. The molecular formula is C17H20N4O3S. The molecule has 132 valence electrons. The molecule has 0 bridgehead atoms. The average molecular weight is 360 g/mol. The highest BCUT2D eigenvalue weighted by Gasteiger charge is 2.27. The number of aryl methyl sites for hydroxylation is 1. The molecular weight excluding hydrogens is 340 g/mol. The first-order chi connectivity index (χ1) is 12.0. The first-order valence-corrected chi connectivity index (χ1v) is 9.03. The van der Waals surface area contributed by atoms with Crippen LogP contribution in [0.2, 0.25) is 0 Å². The Kier molecular flexibility index (Phi) is 4.98. The lowest BCUT2D eigenvalue weighted by atomic mass is 10.1. The summed E-state index contributed by atoms with van der Waals surface area (Å²) in [5.74, 6) is -0.260. The van der Waals surface area contributed by atoms with Crippen LogP contribution in [0, 0.1) is 17.0 Å². The van der Waals surface area contributed by atoms with Gasteiger partial charge in [-0.25, -0.2) is 4.98 Å². The lowest BCUT2D eigenvalue weighted by molar-refractivity contribution is -0.385. The summed E-state index contributed by atoms with van der Waals surface area (Å²) in [5, 5.41) is 14.3. The third-order valence-electron chi connectivity index (χ3n) is 4.28. The number of carbonyl (C=O) groups is 1. The fourth-order valence-corrected chi connectivity index (χ4v) is 3.78. The number of likely N-dealkylation sites (tertiary alicyclic amines) is 1. The molecule has 1 fully saturated rings. The Morgan fingerprint density at radius 1 is 1.40 bits per heavy atom. The number of benzene rings is 1. The first kappa shape index (κ1) is 17.3. The van der Waals surface area contributed by atoms with Crippen molar-refractivity contribution >= 4 is 28.6 Å². The van der Waals surface area contributed by atoms with Crippen molar-refractivity contribution in [2.45, 2.75) is 26.3 Å². The molecule has 1 aromatic carbocycles. The molecule has 1 aromatic heterocycles. The Labute approximate surface area is 150 Å². The van der Waals surface area contributed by atoms with Gasteiger partial charge in [0.25, 0.3) is 11.6 Å². The molecule has 1 saturated heterocycles. The summed E-state index contributed by atoms with van der Waals surface area (Å²) in [4.78, 5) is 31.6. The van der Waals surface area contributed by atoms with Gasteiger partial charge in [0.05, 0.1) is 11.5 Å². The van der Waals surface area contributed by atoms with Gasteiger partial charge < -0.3 is 9.80 Å². The molecule has 0 radical (unpaired) electrons. The molecule has 0 spiro atoms. The van der Waals surface area contributed by atoms with Crippen LogP contribution in [-0.2, 0) is 6.54 Å². The van der Waals surface area contributed by atoms with Crippen molar-refractivity contribution in [3.8, 4) is 0 Å². The standard InChI is InChI=1S/C17H20N4O3S/c1-12-11-25-16(18-12)10-19(2)13-5-6-15(21(23)24)14(9-13)17(22)20-7-3-4-8-20/h5-6,9,11H,3-4,7-8,10H2,1-2H3. The van der Waals surface area contributed by atoms with Gasteiger partial charge in [0.2, 0.25) is 0 Å². The van der Waals surface area contributed by atoms with Gasteiger partial charge in [0.15, 0.2) is 0 Å². The van der Waals surface area contributed by atoms with E-state index in [1.54, 1.807) is 28.4 Å². The van der Waals surface area contributed by atoms with Crippen LogP contribution in [0.1, 0.15) is 33.9 Å². The highest BCUT2D eigenvalue weighted by Crippen LogP contribution is 2.28. The minimum absolute atomic E-state index is 0.140. The third-order valence-corrected chi connectivity index (χ3v) is 5.23. The summed E-state index contributed by atoms with van der Waals surface area (Å²) >= 11 is 1.58. The SMILES string of the molecule is Cc1csc(CN(C)c2ccc([N+](=O)[O-])c(C(=O)N3CCCC3)c2)n1. The van der Waals surface area contributed by atoms with E-state index in [4.69, 9.17) is 0 Å². The zero-order valence-electron chi connectivity index (χ0n) is 14.3. The average Bonchev–Trinajstić information content (AvgIpc) is 3.25. The molecule has 8 heteroatoms. The topological polar surface area (TPSA) is 79.6 Å². The van der Waals surface area contributed by atoms with E-state index in [0.717, 1.165) is 29.2 Å². The maximum atomic E-state index is 12.7. The van der Waals surface area contributed by atoms with E-state index in [1.807, 2.05) is 24.3 Å². The van der Waals surface area contributed by atoms with Crippen molar-refractivity contribution in [1.29, 1.82) is 0 Å². The van der Waals surface area contributed by atoms with Crippen LogP contribution in [-0.4, -0.2) is 40.9 Å². The van der Waals surface area contributed by atoms with Crippen molar-refractivity contribution in [3.05, 3.63) is 50.0 Å². The summed E-state index contributed by atoms with van der Waals surface area (Å²) < 4.78 is 0. The minimum atomic E-state index is -0.489. The van der Waals surface area contributed by atoms with Crippen molar-refractivity contribution in [3.63, 3.8) is 0 Å². The second-order valence-electron chi connectivity index (χ2n) is 6.20. The Balaban J connectivity index is 1.88. The number of hydrogen-bond donors (Lipinski definition) is 0. The molecule has 0 unspecified atom stereocenters. The molecule has 0 atom stereocenters. The van der Waals surface area contributed by atoms with Gasteiger partial charge in [0.1, 0.15) is 10.6 Å². The number of aromatic nitrogens is 1. The molecule has 2 aromatic rings. The van der Waals surface area contributed by atoms with Gasteiger partial charge in [0, 0.05) is 43.0 Å². The normalized spacial score (nSPS) is 13.9. The van der Waals surface area contributed by atoms with E-state index in [1.165, 1.54) is 6.07 Å². The summed E-state index contributed by atoms with van der Waals surface area (Å²) in [7, 11) is 1.89. The molecule has 7 nitrogen and oxygen atoms in total. The number of amides is 1. The zero-order chi connectivity index (χ0) is 18.0. The van der Waals surface area contributed by atoms with E-state index < -0.39 is 4.92 Å². The lowest BCUT2D eigenvalue weighted by Gasteiger charge is -2.20. The minimum Gasteiger partial charge on any atom is -0.368 e. The van der Waals surface area contributed by atoms with Crippen LogP contribution >= 0.6 is 11.3 Å². The Bertz CT molecular complexity index is 799. The van der Waals surface area contributed by atoms with Gasteiger partial charge in [-0.3, -0.25) is 14.9 Å². The number of hydrogen-bond acceptors (Lipinski definition) is 6. The van der Waals surface area contributed by atoms with Crippen molar-refractivity contribution in [2.75, 3.05) is 25.0 Å². The quantitative estimate of drug-likeness (QED) is 0.604. The van der Waals surface area contributed by atoms with Crippen LogP contribution in [0.3, 0.4) is 0 Å². The predicted molar refractivity (Wildman–Crippen MR) is 97.2 cm³/mol. The molecule has 0 aliphatic carbocycles. The number of thiazole rings is 1. The van der Waals surface area contributed by atoms with Crippen molar-refractivity contribution in [1.82, 2.24) is 9.88 Å². The van der Waals surface area contributed by atoms with Crippen molar-refractivity contribution in [2.24, 2.45) is 0 Å². The highest BCUT2D eigenvalue weighted by molar-refractivity contribution is 7.09. The Morgan fingerprint density at radius 3 is 2.72 bits per heavy atom. The number of nitro groups is 1. The van der Waals surface area contributed by atoms with Crippen LogP contribution in [0.15, 0.2) is 23.6 Å². The third kappa shape index (κ3) is 3.79. The number of carbonyl (C=O) groups excluding carboxylic acids is 1. The molecule has 3 rings (SSSR count). The molecule has 25 heavy (non-hydrogen) atoms. The highest BCUT2D eigenvalue weighted by atomic mass is 32.1. The number of anilines is 1. The maximum Gasteiger partial charge on any atom is 0.282 e. The summed E-state index contributed by atoms with van der Waals surface area (Å²) in [6.45, 7) is 3.86. The van der Waals surface area contributed by atoms with Gasteiger partial charge in [-0.05, 0) is 31.9 Å². The molecule has 0 N–H and O–H groups in total. The van der Waals surface area contributed by atoms with E-state index >= 15 is 0 Å². The van der Waals surface area contributed by atoms with E-state index in [9.17, 15) is 14.9 Å². The van der Waals surface area contributed by atoms with Gasteiger partial charge >= 0.3 is 0 Å². The Morgan fingerprint density at radius 2 is 2.12 bits per heavy atom. The van der Waals surface area contributed by atoms with Crippen molar-refractivity contribution < 1.29 is 9.72 Å². The second-order valence-corrected chi connectivity index (χ2v) is 7.14. The smallest absolute Gasteiger partial charge is 0.282 e. The first-order valence-electron chi connectivity index (χ1n) is 8.15. The second kappa shape index (κ2) is 7.18. The fraction of sp³-hybridized carbons (Fsp3) is 0.412. The number of nitrogens with zero attached hydrogens (tertiary/aromatic N) is 4. The van der Waals surface area contributed by atoms with E-state index in [0.29, 0.717) is 19.6 Å². The molecule has 0 saturated carbocycles. The maximum absolute atomic E-state index is 12.7. The summed E-state index contributed by atoms with van der Waals surface area (Å²) in [5.41, 5.74) is 1.76. The van der Waals surface area contributed by atoms with E-state index in [2.05, 4.69) is 4.98 Å². The van der Waals surface area contributed by atoms with Crippen LogP contribution in [0.5, 0.6) is 0 Å². The van der Waals surface area contributed by atoms with Gasteiger partial charge in [-0.2, -0.15) is 0 Å². The van der Waals surface area contributed by atoms with Gasteiger partial charge in [-0.15, -0.1) is 11.3 Å². The summed E-state index contributed by atoms with van der Waals surface area (Å²) in [6, 6.07) is 4.72. The van der Waals surface area contributed by atoms with Crippen LogP contribution < -0.4 is 4.90 Å². The molecule has 1 aliphatic rings. The number of rotatable bonds is 5. The predicted octanol–water partition coefficient (Wildman–Crippen LogP) is 3.23. The van der Waals surface area contributed by atoms with Crippen LogP contribution in [0.25, 0.3) is 0 Å². The van der Waals surface area contributed by atoms with Gasteiger partial charge in [-0.1, -0.05) is 0 Å². The summed E-state index contributed by atoms with van der Waals surface area (Å²) in [6.07, 6.45) is 1.89.